The molecular weight excluding hydrogens is 720 g/mol. The van der Waals surface area contributed by atoms with Crippen molar-refractivity contribution in [1.29, 1.82) is 0 Å². The van der Waals surface area contributed by atoms with Crippen molar-refractivity contribution in [3.05, 3.63) is 12.7 Å². The Morgan fingerprint density at radius 1 is 0.824 bits per heavy atom. The van der Waals surface area contributed by atoms with E-state index in [1.807, 2.05) is 0 Å². The Labute approximate surface area is 294 Å². The number of phosphoric ester groups is 2. The number of hydrogen-bond donors (Lipinski definition) is 7. The lowest BCUT2D eigenvalue weighted by Crippen LogP contribution is -2.38. The standard InChI is InChI=1S/C29H49N5O15P2/c1-2-3-4-5-6-7-8-9-10-11-12-13-20(35)48-25-23(37)19(47-29(25)39)15-45-51(42,43)49-50(40,41)44-14-18-22(36)24(38)28(46-18)34-17-33-21-26(30)31-16-32-27(21)34/h16-19,22-25,28-29,36-39H,2-15H2,1H3,(H,40,41)(H,42,43)(H2,30,31,32)/t18-,19-,22-,23-,24-,25-,28-,29+/m1/s1. The van der Waals surface area contributed by atoms with Crippen LogP contribution in [0.25, 0.3) is 11.2 Å². The summed E-state index contributed by atoms with van der Waals surface area (Å²) in [6.45, 7) is 0.369. The summed E-state index contributed by atoms with van der Waals surface area (Å²) < 4.78 is 55.7. The molecule has 20 nitrogen and oxygen atoms in total. The number of aliphatic hydroxyl groups excluding tert-OH is 4. The van der Waals surface area contributed by atoms with Crippen molar-refractivity contribution in [3.63, 3.8) is 0 Å². The number of aromatic nitrogens is 4. The molecule has 4 heterocycles. The van der Waals surface area contributed by atoms with E-state index in [0.29, 0.717) is 6.42 Å². The van der Waals surface area contributed by atoms with Crippen LogP contribution in [0.4, 0.5) is 5.82 Å². The molecule has 2 aliphatic heterocycles. The van der Waals surface area contributed by atoms with Gasteiger partial charge in [-0.3, -0.25) is 18.4 Å². The Kier molecular flexibility index (Phi) is 15.7. The molecule has 2 unspecified atom stereocenters. The molecule has 0 aromatic carbocycles. The maximum absolute atomic E-state index is 12.5. The minimum Gasteiger partial charge on any atom is -0.454 e. The third kappa shape index (κ3) is 11.9. The summed E-state index contributed by atoms with van der Waals surface area (Å²) in [6.07, 6.45) is 2.14. The van der Waals surface area contributed by atoms with Gasteiger partial charge in [0, 0.05) is 6.42 Å². The maximum Gasteiger partial charge on any atom is 0.481 e. The largest absolute Gasteiger partial charge is 0.481 e. The van der Waals surface area contributed by atoms with Crippen LogP contribution in [0.2, 0.25) is 0 Å². The lowest BCUT2D eigenvalue weighted by molar-refractivity contribution is -0.173. The minimum absolute atomic E-state index is 0.0548. The van der Waals surface area contributed by atoms with Gasteiger partial charge >= 0.3 is 21.6 Å². The highest BCUT2D eigenvalue weighted by Crippen LogP contribution is 2.60. The van der Waals surface area contributed by atoms with Gasteiger partial charge in [-0.15, -0.1) is 0 Å². The van der Waals surface area contributed by atoms with Crippen LogP contribution in [0.3, 0.4) is 0 Å². The van der Waals surface area contributed by atoms with Crippen LogP contribution in [-0.4, -0.2) is 112 Å². The van der Waals surface area contributed by atoms with Gasteiger partial charge in [-0.2, -0.15) is 4.31 Å². The number of fused-ring (bicyclic) bond motifs is 1. The number of carbonyl (C=O) groups is 1. The van der Waals surface area contributed by atoms with Gasteiger partial charge in [0.25, 0.3) is 0 Å². The van der Waals surface area contributed by atoms with Crippen molar-refractivity contribution in [2.24, 2.45) is 0 Å². The molecular formula is C29H49N5O15P2. The number of aliphatic hydroxyl groups is 4. The van der Waals surface area contributed by atoms with E-state index in [1.54, 1.807) is 0 Å². The molecule has 0 amide bonds. The zero-order valence-corrected chi connectivity index (χ0v) is 30.1. The van der Waals surface area contributed by atoms with Crippen LogP contribution >= 0.6 is 15.6 Å². The van der Waals surface area contributed by atoms with Gasteiger partial charge in [-0.05, 0) is 6.42 Å². The number of carbonyl (C=O) groups excluding carboxylic acids is 1. The van der Waals surface area contributed by atoms with Crippen molar-refractivity contribution >= 4 is 38.6 Å². The quantitative estimate of drug-likeness (QED) is 0.0511. The third-order valence-corrected chi connectivity index (χ3v) is 11.2. The number of esters is 1. The summed E-state index contributed by atoms with van der Waals surface area (Å²) in [5.41, 5.74) is 6.13. The average molecular weight is 770 g/mol. The molecule has 2 aromatic rings. The number of nitrogens with zero attached hydrogens (tertiary/aromatic N) is 4. The molecule has 2 saturated heterocycles. The highest BCUT2D eigenvalue weighted by Gasteiger charge is 2.48. The van der Waals surface area contributed by atoms with Crippen molar-refractivity contribution in [3.8, 4) is 0 Å². The first-order chi connectivity index (χ1) is 24.2. The molecule has 2 aromatic heterocycles. The van der Waals surface area contributed by atoms with Crippen molar-refractivity contribution < 1.29 is 71.7 Å². The maximum atomic E-state index is 12.5. The van der Waals surface area contributed by atoms with Crippen molar-refractivity contribution in [2.45, 2.75) is 133 Å². The Bertz CT molecular complexity index is 1500. The molecule has 0 radical (unpaired) electrons. The van der Waals surface area contributed by atoms with Gasteiger partial charge in [-0.1, -0.05) is 71.1 Å². The molecule has 4 rings (SSSR count). The van der Waals surface area contributed by atoms with Crippen LogP contribution in [0.5, 0.6) is 0 Å². The summed E-state index contributed by atoms with van der Waals surface area (Å²) in [5.74, 6) is -0.611. The van der Waals surface area contributed by atoms with Crippen LogP contribution in [-0.2, 0) is 41.5 Å². The molecule has 8 N–H and O–H groups in total. The summed E-state index contributed by atoms with van der Waals surface area (Å²) in [7, 11) is -10.8. The number of imidazole rings is 1. The Morgan fingerprint density at radius 3 is 2.00 bits per heavy atom. The van der Waals surface area contributed by atoms with Crippen LogP contribution in [0.1, 0.15) is 90.2 Å². The normalized spacial score (nSPS) is 28.9. The van der Waals surface area contributed by atoms with Gasteiger partial charge in [0.05, 0.1) is 19.5 Å². The molecule has 0 bridgehead atoms. The molecule has 51 heavy (non-hydrogen) atoms. The number of nitrogens with two attached hydrogens (primary N) is 1. The highest BCUT2D eigenvalue weighted by atomic mass is 31.3. The van der Waals surface area contributed by atoms with E-state index in [0.717, 1.165) is 32.0 Å². The van der Waals surface area contributed by atoms with Gasteiger partial charge in [-0.25, -0.2) is 24.1 Å². The first-order valence-electron chi connectivity index (χ1n) is 17.0. The first kappa shape index (κ1) is 41.6. The van der Waals surface area contributed by atoms with E-state index >= 15 is 0 Å². The lowest BCUT2D eigenvalue weighted by Gasteiger charge is -2.21. The number of hydrogen-bond acceptors (Lipinski definition) is 17. The van der Waals surface area contributed by atoms with Crippen LogP contribution in [0.15, 0.2) is 12.7 Å². The van der Waals surface area contributed by atoms with Crippen LogP contribution < -0.4 is 5.73 Å². The highest BCUT2D eigenvalue weighted by molar-refractivity contribution is 7.61. The summed E-state index contributed by atoms with van der Waals surface area (Å²) in [6, 6.07) is 0. The lowest BCUT2D eigenvalue weighted by atomic mass is 10.1. The second-order valence-corrected chi connectivity index (χ2v) is 15.6. The Balaban J connectivity index is 1.15. The van der Waals surface area contributed by atoms with E-state index in [-0.39, 0.29) is 23.4 Å². The monoisotopic (exact) mass is 769 g/mol. The summed E-state index contributed by atoms with van der Waals surface area (Å²) in [4.78, 5) is 44.3. The van der Waals surface area contributed by atoms with E-state index in [2.05, 4.69) is 30.7 Å². The Morgan fingerprint density at radius 2 is 1.39 bits per heavy atom. The van der Waals surface area contributed by atoms with Gasteiger partial charge in [0.15, 0.2) is 30.1 Å². The molecule has 0 aliphatic carbocycles. The second kappa shape index (κ2) is 19.3. The number of nitrogen functional groups attached to an aromatic ring is 1. The predicted octanol–water partition coefficient (Wildman–Crippen LogP) is 1.97. The molecule has 0 spiro atoms. The number of anilines is 1. The number of rotatable bonds is 22. The summed E-state index contributed by atoms with van der Waals surface area (Å²) >= 11 is 0. The smallest absolute Gasteiger partial charge is 0.454 e. The third-order valence-electron chi connectivity index (χ3n) is 8.57. The van der Waals surface area contributed by atoms with Crippen molar-refractivity contribution in [2.75, 3.05) is 18.9 Å². The van der Waals surface area contributed by atoms with E-state index < -0.39 is 84.0 Å². The summed E-state index contributed by atoms with van der Waals surface area (Å²) in [5, 5.41) is 41.7. The minimum atomic E-state index is -5.38. The van der Waals surface area contributed by atoms with E-state index in [9.17, 15) is 44.1 Å². The van der Waals surface area contributed by atoms with Gasteiger partial charge in [0.2, 0.25) is 0 Å². The fourth-order valence-corrected chi connectivity index (χ4v) is 7.88. The molecule has 2 aliphatic rings. The Hall–Kier alpha value is -2.16. The number of ether oxygens (including phenoxy) is 3. The molecule has 2 fully saturated rings. The first-order valence-corrected chi connectivity index (χ1v) is 20.0. The SMILES string of the molecule is CCCCCCCCCCCCCC(=O)O[C@@H]1[C@H](O)[C@@H](COP(=O)(O)OP(=O)(O)OC[C@H]2O[C@@H](n3cnc4c(N)ncnc43)[C@H](O)[C@@H]2O)O[C@@H]1O. The van der Waals surface area contributed by atoms with E-state index in [4.69, 9.17) is 24.5 Å². The zero-order chi connectivity index (χ0) is 37.2. The molecule has 22 heteroatoms. The molecule has 10 atom stereocenters. The van der Waals surface area contributed by atoms with Gasteiger partial charge in [0.1, 0.15) is 42.4 Å². The fourth-order valence-electron chi connectivity index (χ4n) is 5.79. The molecule has 290 valence electrons. The number of phosphoric acid groups is 2. The topological polar surface area (TPSA) is 298 Å². The predicted molar refractivity (Wildman–Crippen MR) is 176 cm³/mol. The van der Waals surface area contributed by atoms with E-state index in [1.165, 1.54) is 49.4 Å². The average Bonchev–Trinajstić information content (AvgIpc) is 3.71. The zero-order valence-electron chi connectivity index (χ0n) is 28.3. The number of unbranched alkanes of at least 4 members (excludes halogenated alkanes) is 10. The van der Waals surface area contributed by atoms with Gasteiger partial charge < -0.3 is 50.2 Å². The second-order valence-electron chi connectivity index (χ2n) is 12.5. The van der Waals surface area contributed by atoms with Crippen molar-refractivity contribution in [1.82, 2.24) is 19.5 Å². The van der Waals surface area contributed by atoms with Crippen LogP contribution in [0, 0.1) is 0 Å². The molecule has 0 saturated carbocycles. The fraction of sp³-hybridized carbons (Fsp3) is 0.793.